The topological polar surface area (TPSA) is 53.1 Å². The number of esters is 1. The maximum absolute atomic E-state index is 13.9. The molecule has 2 aliphatic heterocycles. The lowest BCUT2D eigenvalue weighted by molar-refractivity contribution is -0.128. The Hall–Kier alpha value is -2.93. The minimum Gasteiger partial charge on any atom is -0.465 e. The quantitative estimate of drug-likeness (QED) is 0.0986. The van der Waals surface area contributed by atoms with E-state index in [0.717, 1.165) is 69.3 Å². The van der Waals surface area contributed by atoms with Gasteiger partial charge in [0, 0.05) is 57.1 Å². The number of halogens is 1. The molecule has 0 radical (unpaired) electrons. The smallest absolute Gasteiger partial charge is 0.337 e. The van der Waals surface area contributed by atoms with Crippen molar-refractivity contribution in [2.75, 3.05) is 51.8 Å². The second-order valence-electron chi connectivity index (χ2n) is 13.3. The predicted octanol–water partition coefficient (Wildman–Crippen LogP) is 10.2. The number of anilines is 1. The molecule has 2 saturated heterocycles. The molecule has 0 N–H and O–H groups in total. The van der Waals surface area contributed by atoms with Crippen LogP contribution in [0, 0.1) is 5.92 Å². The molecule has 1 amide bonds. The summed E-state index contributed by atoms with van der Waals surface area (Å²) in [5.74, 6) is 0.565. The van der Waals surface area contributed by atoms with Crippen molar-refractivity contribution in [3.05, 3.63) is 66.3 Å². The van der Waals surface area contributed by atoms with Gasteiger partial charge in [-0.15, -0.1) is 13.2 Å². The molecule has 278 valence electrons. The van der Waals surface area contributed by atoms with Gasteiger partial charge in [0.05, 0.1) is 12.7 Å². The molecule has 6 nitrogen and oxygen atoms in total. The van der Waals surface area contributed by atoms with Crippen LogP contribution in [-0.4, -0.2) is 80.8 Å². The fourth-order valence-electron chi connectivity index (χ4n) is 7.00. The molecule has 1 atom stereocenters. The number of alkyl halides is 1. The van der Waals surface area contributed by atoms with Crippen molar-refractivity contribution in [1.82, 2.24) is 9.80 Å². The lowest BCUT2D eigenvalue weighted by Gasteiger charge is -2.41. The second-order valence-corrected chi connectivity index (χ2v) is 13.3. The Morgan fingerprint density at radius 3 is 2.08 bits per heavy atom. The highest BCUT2D eigenvalue weighted by atomic mass is 19.1. The van der Waals surface area contributed by atoms with Gasteiger partial charge < -0.3 is 19.4 Å². The molecule has 0 aromatic heterocycles. The standard InChI is InChI=1S/C35H54FN3O3.C5H10.C2H6/c1-7-10-13-29(34(40)39-22-18-31(19-23-39)38-20-16-30(36)17-21-38)25-37(5)33-24-28(35(41)42-6)14-15-32(33)26(4)27(11-8-2)12-9-3;1-3-5-4-2;1-2/h7,13-15,24,26-27,30-31H,1,8-12,16-23,25H2,2-6H3;3H,1,4-5H2,2H3;1-2H3/b29-13+;;. The van der Waals surface area contributed by atoms with Gasteiger partial charge >= 0.3 is 5.97 Å². The van der Waals surface area contributed by atoms with Crippen LogP contribution in [0.15, 0.2) is 55.2 Å². The Morgan fingerprint density at radius 2 is 1.59 bits per heavy atom. The Morgan fingerprint density at radius 1 is 0.980 bits per heavy atom. The number of rotatable bonds is 16. The molecule has 0 saturated carbocycles. The van der Waals surface area contributed by atoms with Crippen LogP contribution in [0.5, 0.6) is 0 Å². The van der Waals surface area contributed by atoms with Crippen molar-refractivity contribution in [3.8, 4) is 0 Å². The summed E-state index contributed by atoms with van der Waals surface area (Å²) in [5.41, 5.74) is 3.43. The molecule has 7 heteroatoms. The average molecular weight is 684 g/mol. The van der Waals surface area contributed by atoms with Gasteiger partial charge in [-0.2, -0.15) is 0 Å². The van der Waals surface area contributed by atoms with E-state index in [4.69, 9.17) is 4.74 Å². The highest BCUT2D eigenvalue weighted by molar-refractivity contribution is 5.95. The van der Waals surface area contributed by atoms with Crippen LogP contribution in [0.2, 0.25) is 0 Å². The van der Waals surface area contributed by atoms with Gasteiger partial charge in [0.2, 0.25) is 0 Å². The first-order valence-electron chi connectivity index (χ1n) is 19.2. The van der Waals surface area contributed by atoms with E-state index >= 15 is 0 Å². The molecule has 0 spiro atoms. The number of hydrogen-bond acceptors (Lipinski definition) is 5. The minimum absolute atomic E-state index is 0.0678. The molecular formula is C42H70FN3O3. The van der Waals surface area contributed by atoms with Crippen LogP contribution >= 0.6 is 0 Å². The van der Waals surface area contributed by atoms with E-state index in [9.17, 15) is 14.0 Å². The summed E-state index contributed by atoms with van der Waals surface area (Å²) >= 11 is 0. The summed E-state index contributed by atoms with van der Waals surface area (Å²) in [6.07, 6.45) is 15.7. The van der Waals surface area contributed by atoms with Crippen molar-refractivity contribution in [1.29, 1.82) is 0 Å². The molecule has 0 bridgehead atoms. The van der Waals surface area contributed by atoms with Crippen molar-refractivity contribution >= 4 is 17.6 Å². The Labute approximate surface area is 299 Å². The molecule has 2 aliphatic rings. The molecule has 2 heterocycles. The highest BCUT2D eigenvalue weighted by Gasteiger charge is 2.31. The molecule has 1 aromatic carbocycles. The maximum atomic E-state index is 13.9. The molecular weight excluding hydrogens is 613 g/mol. The van der Waals surface area contributed by atoms with Crippen molar-refractivity contribution < 1.29 is 18.7 Å². The van der Waals surface area contributed by atoms with Crippen LogP contribution in [0.25, 0.3) is 0 Å². The van der Waals surface area contributed by atoms with Crippen LogP contribution < -0.4 is 4.90 Å². The molecule has 0 aliphatic carbocycles. The Kier molecular flexibility index (Phi) is 22.6. The summed E-state index contributed by atoms with van der Waals surface area (Å²) in [6, 6.07) is 6.29. The number of allylic oxidation sites excluding steroid dienone is 3. The lowest BCUT2D eigenvalue weighted by Crippen LogP contribution is -2.49. The zero-order chi connectivity index (χ0) is 36.8. The Bertz CT molecular complexity index is 1130. The summed E-state index contributed by atoms with van der Waals surface area (Å²) in [4.78, 5) is 32.9. The monoisotopic (exact) mass is 684 g/mol. The zero-order valence-corrected chi connectivity index (χ0v) is 32.4. The van der Waals surface area contributed by atoms with E-state index in [0.29, 0.717) is 62.3 Å². The van der Waals surface area contributed by atoms with Crippen LogP contribution in [0.1, 0.15) is 134 Å². The number of carbonyl (C=O) groups is 2. The normalized spacial score (nSPS) is 16.5. The first-order valence-corrected chi connectivity index (χ1v) is 19.2. The molecule has 2 fully saturated rings. The van der Waals surface area contributed by atoms with Gasteiger partial charge in [-0.3, -0.25) is 4.79 Å². The molecule has 1 aromatic rings. The summed E-state index contributed by atoms with van der Waals surface area (Å²) in [5, 5.41) is 0. The van der Waals surface area contributed by atoms with E-state index in [2.05, 4.69) is 56.7 Å². The van der Waals surface area contributed by atoms with E-state index in [1.807, 2.05) is 56.2 Å². The van der Waals surface area contributed by atoms with Gasteiger partial charge in [-0.1, -0.05) is 97.9 Å². The summed E-state index contributed by atoms with van der Waals surface area (Å²) in [6.45, 7) is 23.8. The van der Waals surface area contributed by atoms with Crippen LogP contribution in [-0.2, 0) is 9.53 Å². The van der Waals surface area contributed by atoms with E-state index < -0.39 is 6.17 Å². The first kappa shape index (κ1) is 44.1. The first-order chi connectivity index (χ1) is 23.6. The third-order valence-electron chi connectivity index (χ3n) is 9.81. The van der Waals surface area contributed by atoms with Gasteiger partial charge in [0.25, 0.3) is 5.91 Å². The maximum Gasteiger partial charge on any atom is 0.337 e. The predicted molar refractivity (Wildman–Crippen MR) is 207 cm³/mol. The number of piperidine rings is 2. The van der Waals surface area contributed by atoms with Gasteiger partial charge in [0.15, 0.2) is 0 Å². The number of hydrogen-bond donors (Lipinski definition) is 0. The van der Waals surface area contributed by atoms with Gasteiger partial charge in [-0.25, -0.2) is 9.18 Å². The third kappa shape index (κ3) is 14.4. The number of ether oxygens (including phenoxy) is 1. The minimum atomic E-state index is -0.668. The van der Waals surface area contributed by atoms with Crippen molar-refractivity contribution in [2.45, 2.75) is 130 Å². The SMILES string of the molecule is C=CC/C=C(\CN(C)c1cc(C(=O)OC)ccc1C(C)C(CCC)CCC)C(=O)N1CCC(N2CCC(F)CC2)CC1.C=CCCC.CC. The number of methoxy groups -OCH3 is 1. The zero-order valence-electron chi connectivity index (χ0n) is 32.4. The van der Waals surface area contributed by atoms with Gasteiger partial charge in [-0.05, 0) is 68.1 Å². The number of amides is 1. The lowest BCUT2D eigenvalue weighted by atomic mass is 9.81. The number of carbonyl (C=O) groups excluding carboxylic acids is 2. The number of nitrogens with zero attached hydrogens (tertiary/aromatic N) is 3. The number of likely N-dealkylation sites (tertiary alicyclic amines) is 2. The number of unbranched alkanes of at least 4 members (excludes halogenated alkanes) is 1. The fraction of sp³-hybridized carbons (Fsp3) is 0.667. The van der Waals surface area contributed by atoms with Crippen molar-refractivity contribution in [3.63, 3.8) is 0 Å². The fourth-order valence-corrected chi connectivity index (χ4v) is 7.00. The van der Waals surface area contributed by atoms with E-state index in [-0.39, 0.29) is 11.9 Å². The highest BCUT2D eigenvalue weighted by Crippen LogP contribution is 2.37. The summed E-state index contributed by atoms with van der Waals surface area (Å²) in [7, 11) is 3.42. The second kappa shape index (κ2) is 25.1. The third-order valence-corrected chi connectivity index (χ3v) is 9.81. The van der Waals surface area contributed by atoms with E-state index in [1.54, 1.807) is 0 Å². The molecule has 49 heavy (non-hydrogen) atoms. The average Bonchev–Trinajstić information content (AvgIpc) is 3.13. The largest absolute Gasteiger partial charge is 0.465 e. The van der Waals surface area contributed by atoms with E-state index in [1.165, 1.54) is 19.1 Å². The number of benzene rings is 1. The van der Waals surface area contributed by atoms with Crippen LogP contribution in [0.3, 0.4) is 0 Å². The van der Waals surface area contributed by atoms with Crippen LogP contribution in [0.4, 0.5) is 10.1 Å². The molecule has 3 rings (SSSR count). The van der Waals surface area contributed by atoms with Crippen molar-refractivity contribution in [2.24, 2.45) is 5.92 Å². The number of likely N-dealkylation sites (N-methyl/N-ethyl adjacent to an activating group) is 1. The summed E-state index contributed by atoms with van der Waals surface area (Å²) < 4.78 is 18.7. The van der Waals surface area contributed by atoms with Gasteiger partial charge in [0.1, 0.15) is 6.17 Å². The Balaban J connectivity index is 0.00000157. The molecule has 1 unspecified atom stereocenters.